The van der Waals surface area contributed by atoms with Gasteiger partial charge in [-0.25, -0.2) is 4.79 Å². The number of carbonyl (C=O) groups is 1. The third-order valence-electron chi connectivity index (χ3n) is 3.84. The van der Waals surface area contributed by atoms with E-state index in [9.17, 15) is 4.79 Å². The summed E-state index contributed by atoms with van der Waals surface area (Å²) in [6.07, 6.45) is 0. The topological polar surface area (TPSA) is 59.6 Å². The second kappa shape index (κ2) is 8.25. The van der Waals surface area contributed by atoms with Crippen LogP contribution in [0.3, 0.4) is 0 Å². The van der Waals surface area contributed by atoms with E-state index in [2.05, 4.69) is 10.6 Å². The SMILES string of the molecule is CCOc1ccc(NC(=O)Nc2cccc3ccccc23)cc1OCC. The first kappa shape index (κ1) is 17.6. The van der Waals surface area contributed by atoms with Gasteiger partial charge in [0.15, 0.2) is 11.5 Å². The summed E-state index contributed by atoms with van der Waals surface area (Å²) in [7, 11) is 0. The van der Waals surface area contributed by atoms with Gasteiger partial charge >= 0.3 is 6.03 Å². The molecule has 5 nitrogen and oxygen atoms in total. The number of amides is 2. The fourth-order valence-electron chi connectivity index (χ4n) is 2.75. The number of nitrogens with one attached hydrogen (secondary N) is 2. The number of hydrogen-bond acceptors (Lipinski definition) is 3. The molecule has 2 N–H and O–H groups in total. The molecule has 0 aliphatic heterocycles. The van der Waals surface area contributed by atoms with Crippen LogP contribution in [0, 0.1) is 0 Å². The van der Waals surface area contributed by atoms with Crippen LogP contribution in [0.4, 0.5) is 16.2 Å². The van der Waals surface area contributed by atoms with E-state index in [1.807, 2.05) is 56.3 Å². The summed E-state index contributed by atoms with van der Waals surface area (Å²) >= 11 is 0. The lowest BCUT2D eigenvalue weighted by atomic mass is 10.1. The third-order valence-corrected chi connectivity index (χ3v) is 3.84. The lowest BCUT2D eigenvalue weighted by Gasteiger charge is -2.14. The van der Waals surface area contributed by atoms with Crippen LogP contribution in [0.15, 0.2) is 60.7 Å². The van der Waals surface area contributed by atoms with Crippen molar-refractivity contribution in [1.82, 2.24) is 0 Å². The van der Waals surface area contributed by atoms with Crippen molar-refractivity contribution in [2.24, 2.45) is 0 Å². The highest BCUT2D eigenvalue weighted by Crippen LogP contribution is 2.31. The normalized spacial score (nSPS) is 10.4. The number of benzene rings is 3. The molecule has 0 atom stereocenters. The number of rotatable bonds is 6. The summed E-state index contributed by atoms with van der Waals surface area (Å²) in [5.41, 5.74) is 1.39. The lowest BCUT2D eigenvalue weighted by Crippen LogP contribution is -2.19. The Morgan fingerprint density at radius 3 is 2.38 bits per heavy atom. The molecule has 0 fully saturated rings. The monoisotopic (exact) mass is 350 g/mol. The van der Waals surface area contributed by atoms with Crippen LogP contribution in [-0.2, 0) is 0 Å². The van der Waals surface area contributed by atoms with Crippen molar-refractivity contribution >= 4 is 28.2 Å². The molecule has 0 radical (unpaired) electrons. The van der Waals surface area contributed by atoms with E-state index in [4.69, 9.17) is 9.47 Å². The van der Waals surface area contributed by atoms with Crippen LogP contribution >= 0.6 is 0 Å². The Kier molecular flexibility index (Phi) is 5.59. The van der Waals surface area contributed by atoms with Crippen molar-refractivity contribution in [3.63, 3.8) is 0 Å². The Morgan fingerprint density at radius 2 is 1.58 bits per heavy atom. The Morgan fingerprint density at radius 1 is 0.846 bits per heavy atom. The van der Waals surface area contributed by atoms with Crippen molar-refractivity contribution in [3.8, 4) is 11.5 Å². The average molecular weight is 350 g/mol. The van der Waals surface area contributed by atoms with Crippen molar-refractivity contribution in [2.75, 3.05) is 23.8 Å². The molecule has 0 aromatic heterocycles. The first-order valence-corrected chi connectivity index (χ1v) is 8.66. The minimum Gasteiger partial charge on any atom is -0.490 e. The zero-order valence-corrected chi connectivity index (χ0v) is 14.9. The zero-order chi connectivity index (χ0) is 18.4. The Balaban J connectivity index is 1.76. The van der Waals surface area contributed by atoms with Crippen LogP contribution in [0.25, 0.3) is 10.8 Å². The molecule has 3 rings (SSSR count). The molecule has 134 valence electrons. The first-order chi connectivity index (χ1) is 12.7. The van der Waals surface area contributed by atoms with Gasteiger partial charge < -0.3 is 20.1 Å². The average Bonchev–Trinajstić information content (AvgIpc) is 2.64. The molecule has 0 aliphatic carbocycles. The second-order valence-corrected chi connectivity index (χ2v) is 5.63. The molecule has 0 aliphatic rings. The highest BCUT2D eigenvalue weighted by molar-refractivity contribution is 6.06. The number of urea groups is 1. The van der Waals surface area contributed by atoms with E-state index in [0.717, 1.165) is 16.5 Å². The molecule has 0 saturated heterocycles. The molecule has 0 spiro atoms. The van der Waals surface area contributed by atoms with Crippen molar-refractivity contribution in [2.45, 2.75) is 13.8 Å². The van der Waals surface area contributed by atoms with Gasteiger partial charge in [0.05, 0.1) is 18.9 Å². The van der Waals surface area contributed by atoms with Crippen molar-refractivity contribution in [3.05, 3.63) is 60.7 Å². The van der Waals surface area contributed by atoms with Crippen LogP contribution in [0.2, 0.25) is 0 Å². The molecule has 0 unspecified atom stereocenters. The van der Waals surface area contributed by atoms with Gasteiger partial charge in [0.25, 0.3) is 0 Å². The van der Waals surface area contributed by atoms with Gasteiger partial charge in [-0.2, -0.15) is 0 Å². The summed E-state index contributed by atoms with van der Waals surface area (Å²) in [5.74, 6) is 1.27. The molecule has 3 aromatic carbocycles. The fraction of sp³-hybridized carbons (Fsp3) is 0.190. The molecular formula is C21H22N2O3. The minimum atomic E-state index is -0.312. The number of ether oxygens (including phenoxy) is 2. The van der Waals surface area contributed by atoms with E-state index in [1.165, 1.54) is 0 Å². The smallest absolute Gasteiger partial charge is 0.323 e. The largest absolute Gasteiger partial charge is 0.490 e. The molecule has 26 heavy (non-hydrogen) atoms. The predicted molar refractivity (Wildman–Crippen MR) is 105 cm³/mol. The number of carbonyl (C=O) groups excluding carboxylic acids is 1. The third kappa shape index (κ3) is 4.06. The van der Waals surface area contributed by atoms with E-state index in [0.29, 0.717) is 30.4 Å². The van der Waals surface area contributed by atoms with Gasteiger partial charge in [0.1, 0.15) is 0 Å². The van der Waals surface area contributed by atoms with E-state index in [1.54, 1.807) is 18.2 Å². The zero-order valence-electron chi connectivity index (χ0n) is 14.9. The van der Waals surface area contributed by atoms with E-state index >= 15 is 0 Å². The summed E-state index contributed by atoms with van der Waals surface area (Å²) in [5, 5.41) is 7.81. The number of fused-ring (bicyclic) bond motifs is 1. The van der Waals surface area contributed by atoms with Crippen LogP contribution in [-0.4, -0.2) is 19.2 Å². The minimum absolute atomic E-state index is 0.312. The maximum atomic E-state index is 12.4. The highest BCUT2D eigenvalue weighted by Gasteiger charge is 2.09. The van der Waals surface area contributed by atoms with Gasteiger partial charge in [0.2, 0.25) is 0 Å². The summed E-state index contributed by atoms with van der Waals surface area (Å²) < 4.78 is 11.1. The highest BCUT2D eigenvalue weighted by atomic mass is 16.5. The van der Waals surface area contributed by atoms with E-state index in [-0.39, 0.29) is 6.03 Å². The van der Waals surface area contributed by atoms with E-state index < -0.39 is 0 Å². The van der Waals surface area contributed by atoms with Gasteiger partial charge in [-0.15, -0.1) is 0 Å². The lowest BCUT2D eigenvalue weighted by molar-refractivity contribution is 0.262. The second-order valence-electron chi connectivity index (χ2n) is 5.63. The maximum Gasteiger partial charge on any atom is 0.323 e. The molecule has 0 bridgehead atoms. The first-order valence-electron chi connectivity index (χ1n) is 8.66. The summed E-state index contributed by atoms with van der Waals surface area (Å²) in [6.45, 7) is 4.89. The molecule has 2 amide bonds. The Hall–Kier alpha value is -3.21. The quantitative estimate of drug-likeness (QED) is 0.636. The number of hydrogen-bond donors (Lipinski definition) is 2. The standard InChI is InChI=1S/C21H22N2O3/c1-3-25-19-13-12-16(14-20(19)26-4-2)22-21(24)23-18-11-7-9-15-8-5-6-10-17(15)18/h5-14H,3-4H2,1-2H3,(H2,22,23,24). The van der Waals surface area contributed by atoms with Gasteiger partial charge in [-0.1, -0.05) is 36.4 Å². The fourth-order valence-corrected chi connectivity index (χ4v) is 2.75. The molecular weight excluding hydrogens is 328 g/mol. The van der Waals surface area contributed by atoms with Crippen LogP contribution in [0.1, 0.15) is 13.8 Å². The molecule has 5 heteroatoms. The summed E-state index contributed by atoms with van der Waals surface area (Å²) in [4.78, 5) is 12.4. The van der Waals surface area contributed by atoms with Gasteiger partial charge in [-0.05, 0) is 37.4 Å². The molecule has 0 saturated carbocycles. The van der Waals surface area contributed by atoms with Gasteiger partial charge in [0, 0.05) is 17.1 Å². The van der Waals surface area contributed by atoms with Gasteiger partial charge in [-0.3, -0.25) is 0 Å². The van der Waals surface area contributed by atoms with Crippen LogP contribution in [0.5, 0.6) is 11.5 Å². The molecule has 0 heterocycles. The predicted octanol–water partition coefficient (Wildman–Crippen LogP) is 5.28. The Bertz CT molecular complexity index is 903. The summed E-state index contributed by atoms with van der Waals surface area (Å²) in [6, 6.07) is 18.8. The maximum absolute atomic E-state index is 12.4. The van der Waals surface area contributed by atoms with Crippen molar-refractivity contribution in [1.29, 1.82) is 0 Å². The Labute approximate surface area is 152 Å². The van der Waals surface area contributed by atoms with Crippen LogP contribution < -0.4 is 20.1 Å². The van der Waals surface area contributed by atoms with Crippen molar-refractivity contribution < 1.29 is 14.3 Å². The number of anilines is 2. The molecule has 3 aromatic rings.